The van der Waals surface area contributed by atoms with E-state index in [0.29, 0.717) is 11.5 Å². The summed E-state index contributed by atoms with van der Waals surface area (Å²) in [5.74, 6) is 1.45. The minimum absolute atomic E-state index is 0.209. The highest BCUT2D eigenvalue weighted by molar-refractivity contribution is 7.91. The van der Waals surface area contributed by atoms with Gasteiger partial charge in [0, 0.05) is 44.1 Å². The highest BCUT2D eigenvalue weighted by Gasteiger charge is 2.33. The Kier molecular flexibility index (Phi) is 3.64. The summed E-state index contributed by atoms with van der Waals surface area (Å²) in [4.78, 5) is 13.2. The maximum atomic E-state index is 11.5. The first-order valence-electron chi connectivity index (χ1n) is 7.02. The normalized spacial score (nSPS) is 26.9. The summed E-state index contributed by atoms with van der Waals surface area (Å²) in [6, 6.07) is 2.10. The Morgan fingerprint density at radius 2 is 2.00 bits per heavy atom. The third kappa shape index (κ3) is 2.93. The number of nitrogens with zero attached hydrogens (tertiary/aromatic N) is 4. The van der Waals surface area contributed by atoms with Crippen LogP contribution >= 0.6 is 0 Å². The Hall–Kier alpha value is -1.21. The molecule has 1 aromatic rings. The third-order valence-electron chi connectivity index (χ3n) is 4.10. The maximum Gasteiger partial charge on any atom is 0.225 e. The van der Waals surface area contributed by atoms with Gasteiger partial charge in [-0.2, -0.15) is 0 Å². The number of piperazine rings is 1. The third-order valence-corrected chi connectivity index (χ3v) is 5.85. The summed E-state index contributed by atoms with van der Waals surface area (Å²) in [7, 11) is -2.80. The molecule has 2 aliphatic heterocycles. The van der Waals surface area contributed by atoms with Crippen LogP contribution in [0.15, 0.2) is 12.3 Å². The fraction of sp³-hybridized carbons (Fsp3) is 0.692. The van der Waals surface area contributed by atoms with Crippen molar-refractivity contribution in [3.05, 3.63) is 18.0 Å². The van der Waals surface area contributed by atoms with Crippen molar-refractivity contribution in [2.75, 3.05) is 42.6 Å². The molecule has 1 unspecified atom stereocenters. The van der Waals surface area contributed by atoms with Gasteiger partial charge in [0.05, 0.1) is 11.5 Å². The number of rotatable bonds is 2. The molecule has 1 atom stereocenters. The van der Waals surface area contributed by atoms with Crippen LogP contribution in [0.2, 0.25) is 0 Å². The van der Waals surface area contributed by atoms with Crippen molar-refractivity contribution in [3.63, 3.8) is 0 Å². The topological polar surface area (TPSA) is 66.4 Å². The number of hydrogen-bond donors (Lipinski definition) is 0. The average Bonchev–Trinajstić information content (AvgIpc) is 2.79. The minimum Gasteiger partial charge on any atom is -0.338 e. The summed E-state index contributed by atoms with van der Waals surface area (Å²) in [6.07, 6.45) is 2.57. The van der Waals surface area contributed by atoms with E-state index in [4.69, 9.17) is 0 Å². The number of hydrogen-bond acceptors (Lipinski definition) is 6. The zero-order valence-electron chi connectivity index (χ0n) is 11.7. The molecule has 0 bridgehead atoms. The van der Waals surface area contributed by atoms with Crippen LogP contribution in [0.1, 0.15) is 12.1 Å². The van der Waals surface area contributed by atoms with Gasteiger partial charge in [-0.1, -0.05) is 0 Å². The lowest BCUT2D eigenvalue weighted by molar-refractivity contribution is 0.200. The largest absolute Gasteiger partial charge is 0.338 e. The second kappa shape index (κ2) is 5.29. The quantitative estimate of drug-likeness (QED) is 0.771. The molecule has 110 valence electrons. The lowest BCUT2D eigenvalue weighted by Gasteiger charge is -2.37. The van der Waals surface area contributed by atoms with Gasteiger partial charge < -0.3 is 4.90 Å². The van der Waals surface area contributed by atoms with Gasteiger partial charge in [0.1, 0.15) is 0 Å². The Morgan fingerprint density at radius 3 is 2.60 bits per heavy atom. The van der Waals surface area contributed by atoms with E-state index in [0.717, 1.165) is 44.2 Å². The summed E-state index contributed by atoms with van der Waals surface area (Å²) in [6.45, 7) is 5.46. The summed E-state index contributed by atoms with van der Waals surface area (Å²) in [5, 5.41) is 0. The van der Waals surface area contributed by atoms with Crippen LogP contribution in [0, 0.1) is 6.92 Å². The lowest BCUT2D eigenvalue weighted by atomic mass is 10.2. The predicted molar refractivity (Wildman–Crippen MR) is 77.6 cm³/mol. The molecule has 3 heterocycles. The minimum atomic E-state index is -2.80. The van der Waals surface area contributed by atoms with Crippen molar-refractivity contribution in [2.45, 2.75) is 19.4 Å². The van der Waals surface area contributed by atoms with Gasteiger partial charge in [0.15, 0.2) is 9.84 Å². The van der Waals surface area contributed by atoms with E-state index in [9.17, 15) is 8.42 Å². The van der Waals surface area contributed by atoms with Gasteiger partial charge in [-0.25, -0.2) is 18.4 Å². The van der Waals surface area contributed by atoms with E-state index in [1.807, 2.05) is 13.0 Å². The zero-order valence-corrected chi connectivity index (χ0v) is 12.5. The molecule has 0 aliphatic carbocycles. The van der Waals surface area contributed by atoms with Gasteiger partial charge in [-0.3, -0.25) is 4.90 Å². The van der Waals surface area contributed by atoms with Gasteiger partial charge in [0.2, 0.25) is 5.95 Å². The number of aromatic nitrogens is 2. The van der Waals surface area contributed by atoms with Crippen LogP contribution in [-0.2, 0) is 9.84 Å². The van der Waals surface area contributed by atoms with Crippen molar-refractivity contribution in [1.82, 2.24) is 14.9 Å². The van der Waals surface area contributed by atoms with Crippen LogP contribution in [-0.4, -0.2) is 67.0 Å². The molecular formula is C13H20N4O2S. The van der Waals surface area contributed by atoms with Crippen molar-refractivity contribution in [3.8, 4) is 0 Å². The highest BCUT2D eigenvalue weighted by atomic mass is 32.2. The zero-order chi connectivity index (χ0) is 14.2. The van der Waals surface area contributed by atoms with Crippen LogP contribution in [0.5, 0.6) is 0 Å². The van der Waals surface area contributed by atoms with Gasteiger partial charge >= 0.3 is 0 Å². The molecule has 0 amide bonds. The first-order chi connectivity index (χ1) is 9.53. The summed E-state index contributed by atoms with van der Waals surface area (Å²) in [5.41, 5.74) is 0.972. The molecule has 2 saturated heterocycles. The molecule has 0 radical (unpaired) electrons. The second-order valence-corrected chi connectivity index (χ2v) is 7.81. The summed E-state index contributed by atoms with van der Waals surface area (Å²) >= 11 is 0. The molecule has 6 nitrogen and oxygen atoms in total. The Morgan fingerprint density at radius 1 is 1.25 bits per heavy atom. The number of sulfone groups is 1. The van der Waals surface area contributed by atoms with Gasteiger partial charge in [-0.15, -0.1) is 0 Å². The first kappa shape index (κ1) is 13.8. The molecule has 1 aromatic heterocycles. The maximum absolute atomic E-state index is 11.5. The number of aryl methyl sites for hydroxylation is 1. The molecule has 7 heteroatoms. The molecule has 0 spiro atoms. The van der Waals surface area contributed by atoms with Crippen LogP contribution in [0.3, 0.4) is 0 Å². The predicted octanol–water partition coefficient (Wildman–Crippen LogP) is 0.0941. The van der Waals surface area contributed by atoms with E-state index in [-0.39, 0.29) is 6.04 Å². The fourth-order valence-corrected chi connectivity index (χ4v) is 4.70. The van der Waals surface area contributed by atoms with E-state index in [2.05, 4.69) is 19.8 Å². The molecule has 0 N–H and O–H groups in total. The molecule has 3 rings (SSSR count). The smallest absolute Gasteiger partial charge is 0.225 e. The second-order valence-electron chi connectivity index (χ2n) is 5.58. The van der Waals surface area contributed by atoms with Crippen molar-refractivity contribution < 1.29 is 8.42 Å². The SMILES string of the molecule is Cc1ccnc(N2CCN(C3CCS(=O)(=O)C3)CC2)n1. The first-order valence-corrected chi connectivity index (χ1v) is 8.85. The standard InChI is InChI=1S/C13H20N4O2S/c1-11-2-4-14-13(15-11)17-7-5-16(6-8-17)12-3-9-20(18,19)10-12/h2,4,12H,3,5-10H2,1H3. The Bertz CT molecular complexity index is 582. The van der Waals surface area contributed by atoms with E-state index < -0.39 is 9.84 Å². The highest BCUT2D eigenvalue weighted by Crippen LogP contribution is 2.20. The molecule has 0 saturated carbocycles. The van der Waals surface area contributed by atoms with Gasteiger partial charge in [0.25, 0.3) is 0 Å². The van der Waals surface area contributed by atoms with Crippen LogP contribution in [0.25, 0.3) is 0 Å². The van der Waals surface area contributed by atoms with Crippen molar-refractivity contribution in [1.29, 1.82) is 0 Å². The fourth-order valence-electron chi connectivity index (χ4n) is 2.94. The molecule has 2 aliphatic rings. The molecule has 20 heavy (non-hydrogen) atoms. The summed E-state index contributed by atoms with van der Waals surface area (Å²) < 4.78 is 23.1. The Balaban J connectivity index is 1.60. The Labute approximate surface area is 119 Å². The van der Waals surface area contributed by atoms with Crippen molar-refractivity contribution in [2.24, 2.45) is 0 Å². The lowest BCUT2D eigenvalue weighted by Crippen LogP contribution is -2.51. The van der Waals surface area contributed by atoms with E-state index >= 15 is 0 Å². The number of anilines is 1. The molecule has 2 fully saturated rings. The molecule has 0 aromatic carbocycles. The molecular weight excluding hydrogens is 276 g/mol. The van der Waals surface area contributed by atoms with Gasteiger partial charge in [-0.05, 0) is 19.4 Å². The van der Waals surface area contributed by atoms with E-state index in [1.165, 1.54) is 0 Å². The van der Waals surface area contributed by atoms with Crippen LogP contribution in [0.4, 0.5) is 5.95 Å². The average molecular weight is 296 g/mol. The van der Waals surface area contributed by atoms with E-state index in [1.54, 1.807) is 6.20 Å². The van der Waals surface area contributed by atoms with Crippen molar-refractivity contribution >= 4 is 15.8 Å². The monoisotopic (exact) mass is 296 g/mol. The van der Waals surface area contributed by atoms with Crippen LogP contribution < -0.4 is 4.90 Å².